The fourth-order valence-electron chi connectivity index (χ4n) is 8.54. The molecule has 0 aliphatic carbocycles. The summed E-state index contributed by atoms with van der Waals surface area (Å²) >= 11 is 0. The van der Waals surface area contributed by atoms with Crippen LogP contribution >= 0.6 is 0 Å². The Bertz CT molecular complexity index is 3230. The van der Waals surface area contributed by atoms with Crippen molar-refractivity contribution in [3.05, 3.63) is 211 Å². The van der Waals surface area contributed by atoms with Gasteiger partial charge in [-0.15, -0.1) is 0 Å². The van der Waals surface area contributed by atoms with Crippen LogP contribution in [0, 0.1) is 6.92 Å². The van der Waals surface area contributed by atoms with E-state index in [0.717, 1.165) is 62.9 Å². The molecule has 0 unspecified atom stereocenters. The molecule has 0 amide bonds. The standard InChI is InChI=1S/C55H35F6N3/c1-34-14-8-9-23-43(34)39-26-27-51-47(30-39)44-24-10-11-25-50(44)64(51)52-45(37-19-12-21-41(28-37)54(56,57)58)31-40(32-46(52)38-20-13-22-42(29-38)55(59,60)61)53-62-48(35-15-4-2-5-16-35)33-49(63-53)36-17-6-3-7-18-36/h2-33H,1H3. The van der Waals surface area contributed by atoms with E-state index in [2.05, 4.69) is 6.07 Å². The number of fused-ring (bicyclic) bond motifs is 3. The van der Waals surface area contributed by atoms with Crippen molar-refractivity contribution in [3.8, 4) is 73.0 Å². The van der Waals surface area contributed by atoms with Crippen LogP contribution in [0.2, 0.25) is 0 Å². The number of para-hydroxylation sites is 1. The third kappa shape index (κ3) is 7.49. The van der Waals surface area contributed by atoms with Crippen molar-refractivity contribution >= 4 is 21.8 Å². The minimum atomic E-state index is -4.69. The molecule has 0 saturated heterocycles. The number of aromatic nitrogens is 3. The molecule has 0 saturated carbocycles. The summed E-state index contributed by atoms with van der Waals surface area (Å²) in [5, 5.41) is 1.71. The van der Waals surface area contributed by atoms with E-state index in [1.807, 2.05) is 139 Å². The second kappa shape index (κ2) is 15.8. The Morgan fingerprint density at radius 1 is 0.375 bits per heavy atom. The Morgan fingerprint density at radius 2 is 0.859 bits per heavy atom. The summed E-state index contributed by atoms with van der Waals surface area (Å²) in [5.74, 6) is 0.235. The van der Waals surface area contributed by atoms with Gasteiger partial charge < -0.3 is 4.57 Å². The smallest absolute Gasteiger partial charge is 0.308 e. The fourth-order valence-corrected chi connectivity index (χ4v) is 8.54. The Labute approximate surface area is 364 Å². The van der Waals surface area contributed by atoms with Gasteiger partial charge in [-0.2, -0.15) is 26.3 Å². The minimum absolute atomic E-state index is 0.199. The molecule has 2 aromatic heterocycles. The zero-order valence-electron chi connectivity index (χ0n) is 34.1. The molecule has 2 heterocycles. The maximum absolute atomic E-state index is 14.6. The number of aryl methyl sites for hydroxylation is 1. The van der Waals surface area contributed by atoms with Gasteiger partial charge in [0, 0.05) is 38.6 Å². The lowest BCUT2D eigenvalue weighted by Crippen LogP contribution is -2.07. The average molecular weight is 852 g/mol. The van der Waals surface area contributed by atoms with Crippen molar-refractivity contribution in [3.63, 3.8) is 0 Å². The lowest BCUT2D eigenvalue weighted by Gasteiger charge is -2.22. The average Bonchev–Trinajstić information content (AvgIpc) is 3.64. The molecule has 64 heavy (non-hydrogen) atoms. The normalized spacial score (nSPS) is 12.0. The van der Waals surface area contributed by atoms with Crippen molar-refractivity contribution in [2.24, 2.45) is 0 Å². The molecule has 0 fully saturated rings. The minimum Gasteiger partial charge on any atom is -0.308 e. The largest absolute Gasteiger partial charge is 0.416 e. The van der Waals surface area contributed by atoms with Gasteiger partial charge in [0.05, 0.1) is 39.2 Å². The lowest BCUT2D eigenvalue weighted by atomic mass is 9.91. The zero-order valence-corrected chi connectivity index (χ0v) is 34.1. The first-order chi connectivity index (χ1) is 30.9. The first-order valence-electron chi connectivity index (χ1n) is 20.5. The molecule has 312 valence electrons. The van der Waals surface area contributed by atoms with Crippen LogP contribution in [0.5, 0.6) is 0 Å². The predicted molar refractivity (Wildman–Crippen MR) is 244 cm³/mol. The van der Waals surface area contributed by atoms with E-state index in [1.54, 1.807) is 24.3 Å². The molecule has 10 rings (SSSR count). The second-order valence-corrected chi connectivity index (χ2v) is 15.7. The summed E-state index contributed by atoms with van der Waals surface area (Å²) in [5.41, 5.74) is 7.35. The number of hydrogen-bond acceptors (Lipinski definition) is 2. The number of alkyl halides is 6. The Morgan fingerprint density at radius 3 is 1.42 bits per heavy atom. The van der Waals surface area contributed by atoms with Gasteiger partial charge in [0.15, 0.2) is 5.82 Å². The van der Waals surface area contributed by atoms with Crippen LogP contribution in [0.15, 0.2) is 194 Å². The van der Waals surface area contributed by atoms with Crippen molar-refractivity contribution in [2.75, 3.05) is 0 Å². The quantitative estimate of drug-likeness (QED) is 0.150. The highest BCUT2D eigenvalue weighted by atomic mass is 19.4. The second-order valence-electron chi connectivity index (χ2n) is 15.7. The molecule has 3 nitrogen and oxygen atoms in total. The summed E-state index contributed by atoms with van der Waals surface area (Å²) in [6, 6.07) is 56.2. The van der Waals surface area contributed by atoms with Gasteiger partial charge in [0.2, 0.25) is 0 Å². The molecule has 9 heteroatoms. The van der Waals surface area contributed by atoms with E-state index in [-0.39, 0.29) is 17.0 Å². The molecule has 0 radical (unpaired) electrons. The summed E-state index contributed by atoms with van der Waals surface area (Å²) in [7, 11) is 0. The number of benzene rings is 8. The van der Waals surface area contributed by atoms with Crippen molar-refractivity contribution in [1.29, 1.82) is 0 Å². The third-order valence-electron chi connectivity index (χ3n) is 11.6. The summed E-state index contributed by atoms with van der Waals surface area (Å²) < 4.78 is 89.6. The molecular formula is C55H35F6N3. The van der Waals surface area contributed by atoms with E-state index in [1.165, 1.54) is 12.1 Å². The van der Waals surface area contributed by atoms with Gasteiger partial charge in [-0.1, -0.05) is 133 Å². The van der Waals surface area contributed by atoms with Crippen molar-refractivity contribution in [1.82, 2.24) is 14.5 Å². The van der Waals surface area contributed by atoms with Gasteiger partial charge in [-0.25, -0.2) is 9.97 Å². The van der Waals surface area contributed by atoms with Crippen molar-refractivity contribution in [2.45, 2.75) is 19.3 Å². The molecule has 0 bridgehead atoms. The zero-order chi connectivity index (χ0) is 44.2. The predicted octanol–water partition coefficient (Wildman–Crippen LogP) is 15.9. The van der Waals surface area contributed by atoms with Crippen LogP contribution in [0.1, 0.15) is 16.7 Å². The Hall–Kier alpha value is -7.78. The number of hydrogen-bond donors (Lipinski definition) is 0. The van der Waals surface area contributed by atoms with Gasteiger partial charge in [0.1, 0.15) is 0 Å². The maximum Gasteiger partial charge on any atom is 0.416 e. The summed E-state index contributed by atoms with van der Waals surface area (Å²) in [4.78, 5) is 10.1. The first kappa shape index (κ1) is 40.3. The molecule has 0 aliphatic rings. The SMILES string of the molecule is Cc1ccccc1-c1ccc2c(c1)c1ccccc1n2-c1c(-c2cccc(C(F)(F)F)c2)cc(-c2nc(-c3ccccc3)cc(-c3ccccc3)n2)cc1-c1cccc(C(F)(F)F)c1. The first-order valence-corrected chi connectivity index (χ1v) is 20.5. The van der Waals surface area contributed by atoms with Crippen LogP contribution in [0.4, 0.5) is 26.3 Å². The lowest BCUT2D eigenvalue weighted by molar-refractivity contribution is -0.138. The third-order valence-corrected chi connectivity index (χ3v) is 11.6. The monoisotopic (exact) mass is 851 g/mol. The van der Waals surface area contributed by atoms with E-state index in [9.17, 15) is 26.3 Å². The topological polar surface area (TPSA) is 30.7 Å². The van der Waals surface area contributed by atoms with Crippen LogP contribution in [-0.4, -0.2) is 14.5 Å². The number of nitrogens with zero attached hydrogens (tertiary/aromatic N) is 3. The van der Waals surface area contributed by atoms with E-state index >= 15 is 0 Å². The van der Waals surface area contributed by atoms with Gasteiger partial charge >= 0.3 is 12.4 Å². The molecule has 0 spiro atoms. The van der Waals surface area contributed by atoms with E-state index in [4.69, 9.17) is 9.97 Å². The van der Waals surface area contributed by atoms with E-state index in [0.29, 0.717) is 44.8 Å². The Balaban J connectivity index is 1.35. The highest BCUT2D eigenvalue weighted by molar-refractivity contribution is 6.12. The van der Waals surface area contributed by atoms with Crippen LogP contribution in [0.25, 0.3) is 94.8 Å². The highest BCUT2D eigenvalue weighted by Crippen LogP contribution is 2.46. The molecule has 0 aliphatic heterocycles. The fraction of sp³-hybridized carbons (Fsp3) is 0.0545. The van der Waals surface area contributed by atoms with Gasteiger partial charge in [-0.05, 0) is 95.4 Å². The van der Waals surface area contributed by atoms with Crippen LogP contribution in [-0.2, 0) is 12.4 Å². The molecule has 0 atom stereocenters. The number of rotatable bonds is 7. The summed E-state index contributed by atoms with van der Waals surface area (Å²) in [6.07, 6.45) is -9.37. The van der Waals surface area contributed by atoms with Gasteiger partial charge in [0.25, 0.3) is 0 Å². The molecule has 8 aromatic carbocycles. The molecular weight excluding hydrogens is 817 g/mol. The number of halogens is 6. The van der Waals surface area contributed by atoms with Crippen molar-refractivity contribution < 1.29 is 26.3 Å². The summed E-state index contributed by atoms with van der Waals surface area (Å²) in [6.45, 7) is 2.04. The van der Waals surface area contributed by atoms with Gasteiger partial charge in [-0.3, -0.25) is 0 Å². The molecule has 10 aromatic rings. The van der Waals surface area contributed by atoms with Crippen LogP contribution < -0.4 is 0 Å². The van der Waals surface area contributed by atoms with E-state index < -0.39 is 23.5 Å². The highest BCUT2D eigenvalue weighted by Gasteiger charge is 2.33. The van der Waals surface area contributed by atoms with Crippen LogP contribution in [0.3, 0.4) is 0 Å². The Kier molecular flexibility index (Phi) is 9.98. The molecule has 0 N–H and O–H groups in total. The maximum atomic E-state index is 14.6.